The number of anilines is 1. The second-order valence-corrected chi connectivity index (χ2v) is 7.61. The van der Waals surface area contributed by atoms with Crippen LogP contribution in [0.5, 0.6) is 0 Å². The van der Waals surface area contributed by atoms with Gasteiger partial charge in [-0.3, -0.25) is 4.79 Å². The van der Waals surface area contributed by atoms with E-state index in [1.165, 1.54) is 29.1 Å². The second-order valence-electron chi connectivity index (χ2n) is 6.38. The topological polar surface area (TPSA) is 59.8 Å². The molecule has 2 N–H and O–H groups in total. The lowest BCUT2D eigenvalue weighted by atomic mass is 10.0. The first kappa shape index (κ1) is 17.9. The highest BCUT2D eigenvalue weighted by molar-refractivity contribution is 7.16. The van der Waals surface area contributed by atoms with Crippen molar-refractivity contribution in [2.75, 3.05) is 31.6 Å². The van der Waals surface area contributed by atoms with Crippen LogP contribution < -0.4 is 10.2 Å². The van der Waals surface area contributed by atoms with Crippen LogP contribution in [0.2, 0.25) is 0 Å². The van der Waals surface area contributed by atoms with Gasteiger partial charge in [-0.25, -0.2) is 4.79 Å². The first-order valence-corrected chi connectivity index (χ1v) is 9.14. The highest BCUT2D eigenvalue weighted by Gasteiger charge is 2.25. The first-order valence-electron chi connectivity index (χ1n) is 8.32. The van der Waals surface area contributed by atoms with E-state index in [0.29, 0.717) is 29.6 Å². The third-order valence-electron chi connectivity index (χ3n) is 4.39. The van der Waals surface area contributed by atoms with Crippen LogP contribution >= 0.6 is 11.3 Å². The number of nitrogens with one attached hydrogen (secondary N) is 2. The Kier molecular flexibility index (Phi) is 6.18. The van der Waals surface area contributed by atoms with E-state index in [-0.39, 0.29) is 11.9 Å². The molecule has 1 aromatic heterocycles. The summed E-state index contributed by atoms with van der Waals surface area (Å²) in [6.07, 6.45) is 2.43. The molecule has 1 aromatic rings. The smallest absolute Gasteiger partial charge is 0.341 e. The maximum absolute atomic E-state index is 12.4. The minimum Gasteiger partial charge on any atom is -0.462 e. The number of carbonyl (C=O) groups is 2. The van der Waals surface area contributed by atoms with Crippen molar-refractivity contribution in [3.8, 4) is 0 Å². The van der Waals surface area contributed by atoms with Crippen molar-refractivity contribution < 1.29 is 19.2 Å². The van der Waals surface area contributed by atoms with Crippen LogP contribution in [-0.2, 0) is 9.53 Å². The molecule has 1 aliphatic rings. The van der Waals surface area contributed by atoms with Gasteiger partial charge < -0.3 is 15.0 Å². The molecular weight excluding hydrogens is 312 g/mol. The minimum atomic E-state index is -0.358. The van der Waals surface area contributed by atoms with Gasteiger partial charge in [0.25, 0.3) is 5.91 Å². The van der Waals surface area contributed by atoms with Gasteiger partial charge in [0.2, 0.25) is 0 Å². The Bertz CT molecular complexity index is 583. The molecular formula is C17H27N2O3S+. The second kappa shape index (κ2) is 7.93. The van der Waals surface area contributed by atoms with Gasteiger partial charge in [-0.05, 0) is 39.2 Å². The quantitative estimate of drug-likeness (QED) is 0.804. The number of likely N-dealkylation sites (tertiary alicyclic amines) is 1. The van der Waals surface area contributed by atoms with Crippen molar-refractivity contribution in [3.63, 3.8) is 0 Å². The van der Waals surface area contributed by atoms with E-state index in [0.717, 1.165) is 23.5 Å². The van der Waals surface area contributed by atoms with E-state index in [2.05, 4.69) is 12.2 Å². The normalized spacial score (nSPS) is 21.0. The summed E-state index contributed by atoms with van der Waals surface area (Å²) in [7, 11) is 0. The number of ether oxygens (including phenoxy) is 1. The molecule has 2 heterocycles. The van der Waals surface area contributed by atoms with Crippen LogP contribution in [0, 0.1) is 19.8 Å². The van der Waals surface area contributed by atoms with Gasteiger partial charge in [-0.2, -0.15) is 0 Å². The van der Waals surface area contributed by atoms with Crippen molar-refractivity contribution in [2.45, 2.75) is 40.5 Å². The van der Waals surface area contributed by atoms with Crippen LogP contribution in [0.1, 0.15) is 47.5 Å². The monoisotopic (exact) mass is 339 g/mol. The largest absolute Gasteiger partial charge is 0.462 e. The molecule has 1 unspecified atom stereocenters. The Balaban J connectivity index is 2.05. The van der Waals surface area contributed by atoms with E-state index >= 15 is 0 Å². The summed E-state index contributed by atoms with van der Waals surface area (Å²) in [6, 6.07) is 0. The van der Waals surface area contributed by atoms with E-state index in [1.54, 1.807) is 6.92 Å². The molecule has 0 aromatic carbocycles. The lowest BCUT2D eigenvalue weighted by molar-refractivity contribution is -0.900. The summed E-state index contributed by atoms with van der Waals surface area (Å²) < 4.78 is 5.12. The Hall–Kier alpha value is -1.40. The summed E-state index contributed by atoms with van der Waals surface area (Å²) >= 11 is 1.44. The number of thiophene rings is 1. The Morgan fingerprint density at radius 1 is 1.39 bits per heavy atom. The van der Waals surface area contributed by atoms with Crippen LogP contribution in [0.3, 0.4) is 0 Å². The number of esters is 1. The molecule has 6 heteroatoms. The minimum absolute atomic E-state index is 0.0269. The predicted octanol–water partition coefficient (Wildman–Crippen LogP) is 1.79. The van der Waals surface area contributed by atoms with Crippen molar-refractivity contribution in [1.29, 1.82) is 0 Å². The summed E-state index contributed by atoms with van der Waals surface area (Å²) in [5.41, 5.74) is 1.40. The Morgan fingerprint density at radius 2 is 2.13 bits per heavy atom. The number of amides is 1. The maximum atomic E-state index is 12.4. The molecule has 0 radical (unpaired) electrons. The number of carbonyl (C=O) groups excluding carboxylic acids is 2. The summed E-state index contributed by atoms with van der Waals surface area (Å²) in [5.74, 6) is 0.289. The highest BCUT2D eigenvalue weighted by atomic mass is 32.1. The number of quaternary nitrogens is 1. The number of hydrogen-bond donors (Lipinski definition) is 2. The van der Waals surface area contributed by atoms with Gasteiger partial charge in [0.05, 0.1) is 25.3 Å². The van der Waals surface area contributed by atoms with Crippen molar-refractivity contribution in [2.24, 2.45) is 5.92 Å². The molecule has 1 aliphatic heterocycles. The molecule has 5 nitrogen and oxygen atoms in total. The zero-order chi connectivity index (χ0) is 17.0. The Labute approximate surface area is 142 Å². The fourth-order valence-electron chi connectivity index (χ4n) is 3.12. The van der Waals surface area contributed by atoms with Gasteiger partial charge in [-0.1, -0.05) is 6.92 Å². The average Bonchev–Trinajstić information content (AvgIpc) is 2.73. The van der Waals surface area contributed by atoms with Gasteiger partial charge in [-0.15, -0.1) is 11.3 Å². The van der Waals surface area contributed by atoms with Crippen LogP contribution in [0.25, 0.3) is 0 Å². The fraction of sp³-hybridized carbons (Fsp3) is 0.647. The van der Waals surface area contributed by atoms with Crippen molar-refractivity contribution in [3.05, 3.63) is 16.0 Å². The number of piperidine rings is 1. The van der Waals surface area contributed by atoms with Crippen LogP contribution in [0.4, 0.5) is 5.00 Å². The zero-order valence-corrected chi connectivity index (χ0v) is 15.3. The highest BCUT2D eigenvalue weighted by Crippen LogP contribution is 2.32. The first-order chi connectivity index (χ1) is 10.9. The molecule has 0 aliphatic carbocycles. The predicted molar refractivity (Wildman–Crippen MR) is 92.3 cm³/mol. The number of rotatable bonds is 5. The van der Waals surface area contributed by atoms with Crippen LogP contribution in [0.15, 0.2) is 0 Å². The molecule has 0 spiro atoms. The number of aryl methyl sites for hydroxylation is 1. The zero-order valence-electron chi connectivity index (χ0n) is 14.5. The molecule has 1 amide bonds. The summed E-state index contributed by atoms with van der Waals surface area (Å²) in [4.78, 5) is 26.9. The van der Waals surface area contributed by atoms with Crippen LogP contribution in [-0.4, -0.2) is 38.1 Å². The van der Waals surface area contributed by atoms with Gasteiger partial charge >= 0.3 is 5.97 Å². The van der Waals surface area contributed by atoms with E-state index in [4.69, 9.17) is 4.74 Å². The summed E-state index contributed by atoms with van der Waals surface area (Å²) in [5, 5.41) is 3.55. The standard InChI is InChI=1S/C17H26N2O3S/c1-5-22-17(21)15-12(3)13(4)23-16(15)18-14(20)10-19-8-6-7-11(2)9-19/h11H,5-10H2,1-4H3,(H,18,20)/p+1/t11-/m0/s1. The molecule has 1 fully saturated rings. The van der Waals surface area contributed by atoms with Gasteiger partial charge in [0.15, 0.2) is 6.54 Å². The molecule has 0 bridgehead atoms. The summed E-state index contributed by atoms with van der Waals surface area (Å²) in [6.45, 7) is 10.7. The van der Waals surface area contributed by atoms with Gasteiger partial charge in [0.1, 0.15) is 5.00 Å². The molecule has 23 heavy (non-hydrogen) atoms. The molecule has 2 atom stereocenters. The SMILES string of the molecule is CCOC(=O)c1c(NC(=O)C[NH+]2CCC[C@H](C)C2)sc(C)c1C. The van der Waals surface area contributed by atoms with E-state index in [1.807, 2.05) is 13.8 Å². The molecule has 128 valence electrons. The maximum Gasteiger partial charge on any atom is 0.341 e. The lowest BCUT2D eigenvalue weighted by Crippen LogP contribution is -3.14. The third kappa shape index (κ3) is 4.54. The van der Waals surface area contributed by atoms with E-state index in [9.17, 15) is 9.59 Å². The van der Waals surface area contributed by atoms with Gasteiger partial charge in [0, 0.05) is 10.8 Å². The van der Waals surface area contributed by atoms with Crippen molar-refractivity contribution in [1.82, 2.24) is 0 Å². The molecule has 2 rings (SSSR count). The fourth-order valence-corrected chi connectivity index (χ4v) is 4.18. The molecule has 1 saturated heterocycles. The molecule has 0 saturated carbocycles. The third-order valence-corrected chi connectivity index (χ3v) is 5.52. The Morgan fingerprint density at radius 3 is 2.78 bits per heavy atom. The van der Waals surface area contributed by atoms with Crippen molar-refractivity contribution >= 4 is 28.2 Å². The number of hydrogen-bond acceptors (Lipinski definition) is 4. The van der Waals surface area contributed by atoms with E-state index < -0.39 is 0 Å². The average molecular weight is 339 g/mol. The lowest BCUT2D eigenvalue weighted by Gasteiger charge is -2.27.